The molecule has 0 radical (unpaired) electrons. The van der Waals surface area contributed by atoms with Gasteiger partial charge >= 0.3 is 0 Å². The van der Waals surface area contributed by atoms with E-state index in [1.165, 1.54) is 0 Å². The van der Waals surface area contributed by atoms with Gasteiger partial charge in [-0.2, -0.15) is 0 Å². The van der Waals surface area contributed by atoms with Crippen molar-refractivity contribution in [2.45, 2.75) is 6.54 Å². The zero-order valence-corrected chi connectivity index (χ0v) is 14.0. The first-order valence-corrected chi connectivity index (χ1v) is 7.95. The van der Waals surface area contributed by atoms with Gasteiger partial charge in [0.25, 0.3) is 11.5 Å². The van der Waals surface area contributed by atoms with Crippen LogP contribution in [0.25, 0.3) is 10.9 Å². The third-order valence-electron chi connectivity index (χ3n) is 3.60. The summed E-state index contributed by atoms with van der Waals surface area (Å²) in [4.78, 5) is 25.7. The molecule has 0 spiro atoms. The molecule has 0 aliphatic carbocycles. The van der Waals surface area contributed by atoms with E-state index in [-0.39, 0.29) is 12.2 Å². The van der Waals surface area contributed by atoms with Crippen LogP contribution in [-0.2, 0) is 11.3 Å². The van der Waals surface area contributed by atoms with Crippen LogP contribution in [0.15, 0.2) is 53.3 Å². The number of carbonyl (C=O) groups excluding carboxylic acids is 1. The molecule has 3 rings (SSSR count). The molecule has 25 heavy (non-hydrogen) atoms. The summed E-state index contributed by atoms with van der Waals surface area (Å²) in [5, 5.41) is 4.66. The Morgan fingerprint density at radius 3 is 2.64 bits per heavy atom. The molecule has 6 nitrogen and oxygen atoms in total. The van der Waals surface area contributed by atoms with Gasteiger partial charge in [-0.15, -0.1) is 0 Å². The molecule has 0 fully saturated rings. The average Bonchev–Trinajstić information content (AvgIpc) is 2.59. The van der Waals surface area contributed by atoms with Gasteiger partial charge in [0.2, 0.25) is 0 Å². The number of halogens is 1. The molecule has 128 valence electrons. The summed E-state index contributed by atoms with van der Waals surface area (Å²) in [6.45, 7) is 0.196. The third-order valence-corrected chi connectivity index (χ3v) is 3.84. The maximum Gasteiger partial charge on any atom is 0.255 e. The second kappa shape index (κ2) is 7.27. The van der Waals surface area contributed by atoms with Crippen molar-refractivity contribution >= 4 is 34.1 Å². The van der Waals surface area contributed by atoms with Gasteiger partial charge in [-0.25, -0.2) is 0 Å². The Morgan fingerprint density at radius 2 is 1.92 bits per heavy atom. The number of aromatic amines is 1. The number of anilines is 1. The molecule has 0 aliphatic rings. The highest BCUT2D eigenvalue weighted by atomic mass is 35.5. The van der Waals surface area contributed by atoms with Crippen LogP contribution < -0.4 is 21.3 Å². The molecule has 1 aromatic heterocycles. The number of nitrogens with two attached hydrogens (primary N) is 1. The minimum atomic E-state index is -0.530. The van der Waals surface area contributed by atoms with Crippen LogP contribution in [-0.4, -0.2) is 17.5 Å². The first-order valence-electron chi connectivity index (χ1n) is 7.58. The number of amides is 1. The van der Waals surface area contributed by atoms with Crippen molar-refractivity contribution < 1.29 is 9.53 Å². The van der Waals surface area contributed by atoms with Crippen LogP contribution in [0.2, 0.25) is 5.02 Å². The highest BCUT2D eigenvalue weighted by Crippen LogP contribution is 2.19. The lowest BCUT2D eigenvalue weighted by Crippen LogP contribution is -2.20. The standard InChI is InChI=1S/C18H16ClN3O3/c19-13-1-6-16-11(8-13)7-12(18(24)22-16)9-21-14-2-4-15(5-3-14)25-10-17(20)23/h1-8,21H,9-10H2,(H2,20,23)(H,22,24). The molecule has 0 atom stereocenters. The second-order valence-electron chi connectivity index (χ2n) is 5.49. The number of aromatic nitrogens is 1. The Kier molecular flexibility index (Phi) is 4.90. The SMILES string of the molecule is NC(=O)COc1ccc(NCc2cc3cc(Cl)ccc3[nH]c2=O)cc1. The summed E-state index contributed by atoms with van der Waals surface area (Å²) < 4.78 is 5.19. The maximum absolute atomic E-state index is 12.2. The predicted octanol–water partition coefficient (Wildman–Crippen LogP) is 2.66. The smallest absolute Gasteiger partial charge is 0.255 e. The summed E-state index contributed by atoms with van der Waals surface area (Å²) in [5.41, 5.74) is 7.04. The lowest BCUT2D eigenvalue weighted by Gasteiger charge is -2.09. The van der Waals surface area contributed by atoms with Gasteiger partial charge in [-0.3, -0.25) is 9.59 Å². The van der Waals surface area contributed by atoms with Gasteiger partial charge in [0.1, 0.15) is 5.75 Å². The van der Waals surface area contributed by atoms with Crippen LogP contribution >= 0.6 is 11.6 Å². The molecule has 1 amide bonds. The minimum Gasteiger partial charge on any atom is -0.484 e. The molecule has 1 heterocycles. The molecule has 0 bridgehead atoms. The highest BCUT2D eigenvalue weighted by molar-refractivity contribution is 6.31. The summed E-state index contributed by atoms with van der Waals surface area (Å²) in [6, 6.07) is 14.2. The molecule has 0 aliphatic heterocycles. The molecular weight excluding hydrogens is 342 g/mol. The van der Waals surface area contributed by atoms with Crippen LogP contribution in [0.4, 0.5) is 5.69 Å². The zero-order valence-electron chi connectivity index (χ0n) is 13.2. The number of hydrogen-bond donors (Lipinski definition) is 3. The Balaban J connectivity index is 1.70. The van der Waals surface area contributed by atoms with Gasteiger partial charge in [-0.05, 0) is 48.5 Å². The maximum atomic E-state index is 12.2. The highest BCUT2D eigenvalue weighted by Gasteiger charge is 2.04. The summed E-state index contributed by atoms with van der Waals surface area (Å²) in [6.07, 6.45) is 0. The van der Waals surface area contributed by atoms with E-state index >= 15 is 0 Å². The fraction of sp³-hybridized carbons (Fsp3) is 0.111. The molecule has 3 aromatic rings. The molecule has 0 saturated heterocycles. The van der Waals surface area contributed by atoms with E-state index in [1.807, 2.05) is 6.07 Å². The van der Waals surface area contributed by atoms with Gasteiger partial charge in [-0.1, -0.05) is 11.6 Å². The van der Waals surface area contributed by atoms with Crippen molar-refractivity contribution in [1.29, 1.82) is 0 Å². The van der Waals surface area contributed by atoms with E-state index in [1.54, 1.807) is 42.5 Å². The number of nitrogens with one attached hydrogen (secondary N) is 2. The van der Waals surface area contributed by atoms with Gasteiger partial charge in [0.15, 0.2) is 6.61 Å². The number of primary amides is 1. The zero-order chi connectivity index (χ0) is 17.8. The van der Waals surface area contributed by atoms with Gasteiger partial charge in [0.05, 0.1) is 0 Å². The molecule has 4 N–H and O–H groups in total. The Labute approximate surface area is 148 Å². The number of benzene rings is 2. The van der Waals surface area contributed by atoms with Gasteiger partial charge in [0, 0.05) is 33.7 Å². The van der Waals surface area contributed by atoms with E-state index in [0.29, 0.717) is 22.9 Å². The Morgan fingerprint density at radius 1 is 1.16 bits per heavy atom. The lowest BCUT2D eigenvalue weighted by atomic mass is 10.1. The summed E-state index contributed by atoms with van der Waals surface area (Å²) in [5.74, 6) is 0.0142. The molecule has 0 unspecified atom stereocenters. The topological polar surface area (TPSA) is 97.2 Å². The number of ether oxygens (including phenoxy) is 1. The van der Waals surface area contributed by atoms with E-state index in [2.05, 4.69) is 10.3 Å². The van der Waals surface area contributed by atoms with Crippen molar-refractivity contribution in [3.05, 3.63) is 69.5 Å². The second-order valence-corrected chi connectivity index (χ2v) is 5.92. The van der Waals surface area contributed by atoms with Crippen LogP contribution in [0.3, 0.4) is 0 Å². The monoisotopic (exact) mass is 357 g/mol. The van der Waals surface area contributed by atoms with E-state index in [0.717, 1.165) is 16.6 Å². The molecule has 2 aromatic carbocycles. The fourth-order valence-electron chi connectivity index (χ4n) is 2.37. The predicted molar refractivity (Wildman–Crippen MR) is 98.0 cm³/mol. The minimum absolute atomic E-state index is 0.149. The molecule has 0 saturated carbocycles. The quantitative estimate of drug-likeness (QED) is 0.631. The van der Waals surface area contributed by atoms with Crippen LogP contribution in [0.1, 0.15) is 5.56 Å². The van der Waals surface area contributed by atoms with Crippen molar-refractivity contribution in [3.63, 3.8) is 0 Å². The molecular formula is C18H16ClN3O3. The summed E-state index contributed by atoms with van der Waals surface area (Å²) >= 11 is 6.00. The first-order chi connectivity index (χ1) is 12.0. The number of H-pyrrole nitrogens is 1. The number of fused-ring (bicyclic) bond motifs is 1. The lowest BCUT2D eigenvalue weighted by molar-refractivity contribution is -0.119. The fourth-order valence-corrected chi connectivity index (χ4v) is 2.56. The number of pyridine rings is 1. The van der Waals surface area contributed by atoms with Crippen LogP contribution in [0.5, 0.6) is 5.75 Å². The number of hydrogen-bond acceptors (Lipinski definition) is 4. The Hall–Kier alpha value is -2.99. The normalized spacial score (nSPS) is 10.6. The number of carbonyl (C=O) groups is 1. The van der Waals surface area contributed by atoms with E-state index < -0.39 is 5.91 Å². The third kappa shape index (κ3) is 4.30. The number of rotatable bonds is 6. The van der Waals surface area contributed by atoms with Crippen molar-refractivity contribution in [3.8, 4) is 5.75 Å². The van der Waals surface area contributed by atoms with Crippen molar-refractivity contribution in [1.82, 2.24) is 4.98 Å². The first kappa shape index (κ1) is 16.9. The van der Waals surface area contributed by atoms with Crippen molar-refractivity contribution in [2.24, 2.45) is 5.73 Å². The van der Waals surface area contributed by atoms with Gasteiger partial charge < -0.3 is 20.8 Å². The average molecular weight is 358 g/mol. The van der Waals surface area contributed by atoms with E-state index in [9.17, 15) is 9.59 Å². The van der Waals surface area contributed by atoms with E-state index in [4.69, 9.17) is 22.1 Å². The largest absolute Gasteiger partial charge is 0.484 e. The molecule has 7 heteroatoms. The summed E-state index contributed by atoms with van der Waals surface area (Å²) in [7, 11) is 0. The van der Waals surface area contributed by atoms with Crippen molar-refractivity contribution in [2.75, 3.05) is 11.9 Å². The van der Waals surface area contributed by atoms with Crippen LogP contribution in [0, 0.1) is 0 Å². The Bertz CT molecular complexity index is 967.